The van der Waals surface area contributed by atoms with E-state index >= 15 is 0 Å². The van der Waals surface area contributed by atoms with E-state index in [2.05, 4.69) is 0 Å². The van der Waals surface area contributed by atoms with Gasteiger partial charge in [-0.25, -0.2) is 4.39 Å². The van der Waals surface area contributed by atoms with Crippen LogP contribution in [0.5, 0.6) is 0 Å². The van der Waals surface area contributed by atoms with E-state index in [9.17, 15) is 13.4 Å². The molecule has 0 aliphatic heterocycles. The van der Waals surface area contributed by atoms with Gasteiger partial charge >= 0.3 is 5.97 Å². The molecular weight excluding hydrogens is 195 g/mol. The molecule has 1 aromatic carbocycles. The van der Waals surface area contributed by atoms with Gasteiger partial charge in [0.15, 0.2) is 0 Å². The lowest BCUT2D eigenvalue weighted by Gasteiger charge is -1.99. The summed E-state index contributed by atoms with van der Waals surface area (Å²) >= 11 is 0. The molecule has 0 heterocycles. The molecule has 0 aliphatic carbocycles. The van der Waals surface area contributed by atoms with E-state index in [0.29, 0.717) is 0 Å². The lowest BCUT2D eigenvalue weighted by atomic mass is 10.3. The van der Waals surface area contributed by atoms with Crippen molar-refractivity contribution < 1.29 is 18.5 Å². The van der Waals surface area contributed by atoms with Crippen molar-refractivity contribution in [3.63, 3.8) is 0 Å². The molecule has 70 valence electrons. The first-order valence-corrected chi connectivity index (χ1v) is 4.78. The number of hydrogen-bond donors (Lipinski definition) is 1. The highest BCUT2D eigenvalue weighted by molar-refractivity contribution is 7.85. The van der Waals surface area contributed by atoms with Crippen molar-refractivity contribution in [1.82, 2.24) is 0 Å². The molecule has 0 aromatic heterocycles. The molecule has 0 fully saturated rings. The Bertz CT molecular complexity index is 351. The van der Waals surface area contributed by atoms with Gasteiger partial charge in [-0.15, -0.1) is 0 Å². The van der Waals surface area contributed by atoms with E-state index in [1.54, 1.807) is 0 Å². The number of carboxylic acid groups (broad SMARTS) is 1. The van der Waals surface area contributed by atoms with Crippen LogP contribution in [0.2, 0.25) is 0 Å². The Hall–Kier alpha value is -1.23. The first-order chi connectivity index (χ1) is 6.11. The standard InChI is InChI=1S/C8H7FO3S/c9-6-3-1-2-4-7(6)13(12)5-8(10)11/h1-4H,5H2,(H,10,11). The van der Waals surface area contributed by atoms with Crippen LogP contribution in [0.25, 0.3) is 0 Å². The highest BCUT2D eigenvalue weighted by Gasteiger charge is 2.12. The molecule has 1 unspecified atom stereocenters. The van der Waals surface area contributed by atoms with Crippen molar-refractivity contribution in [2.24, 2.45) is 0 Å². The van der Waals surface area contributed by atoms with Crippen molar-refractivity contribution >= 4 is 16.8 Å². The van der Waals surface area contributed by atoms with Gasteiger partial charge in [-0.3, -0.25) is 9.00 Å². The van der Waals surface area contributed by atoms with E-state index in [1.165, 1.54) is 18.2 Å². The summed E-state index contributed by atoms with van der Waals surface area (Å²) in [6.07, 6.45) is 0. The molecular formula is C8H7FO3S. The van der Waals surface area contributed by atoms with Crippen molar-refractivity contribution in [3.05, 3.63) is 30.1 Å². The van der Waals surface area contributed by atoms with E-state index in [4.69, 9.17) is 5.11 Å². The Balaban J connectivity index is 2.89. The number of benzene rings is 1. The summed E-state index contributed by atoms with van der Waals surface area (Å²) in [6, 6.07) is 5.43. The number of aliphatic carboxylic acids is 1. The lowest BCUT2D eigenvalue weighted by molar-refractivity contribution is -0.133. The number of carboxylic acids is 1. The van der Waals surface area contributed by atoms with Gasteiger partial charge in [0.1, 0.15) is 11.6 Å². The van der Waals surface area contributed by atoms with Gasteiger partial charge < -0.3 is 5.11 Å². The number of rotatable bonds is 3. The number of carbonyl (C=O) groups is 1. The van der Waals surface area contributed by atoms with Crippen molar-refractivity contribution in [1.29, 1.82) is 0 Å². The van der Waals surface area contributed by atoms with Gasteiger partial charge in [0, 0.05) is 0 Å². The van der Waals surface area contributed by atoms with Crippen LogP contribution in [0.15, 0.2) is 29.2 Å². The van der Waals surface area contributed by atoms with Crippen molar-refractivity contribution in [2.75, 3.05) is 5.75 Å². The minimum atomic E-state index is -1.80. The van der Waals surface area contributed by atoms with Gasteiger partial charge in [0.2, 0.25) is 0 Å². The van der Waals surface area contributed by atoms with E-state index in [1.807, 2.05) is 0 Å². The van der Waals surface area contributed by atoms with Crippen LogP contribution in [0.4, 0.5) is 4.39 Å². The van der Waals surface area contributed by atoms with Crippen LogP contribution < -0.4 is 0 Å². The van der Waals surface area contributed by atoms with Crippen LogP contribution in [0.1, 0.15) is 0 Å². The Kier molecular flexibility index (Phi) is 3.13. The minimum absolute atomic E-state index is 0.0649. The molecule has 5 heteroatoms. The maximum absolute atomic E-state index is 12.9. The van der Waals surface area contributed by atoms with Gasteiger partial charge in [-0.2, -0.15) is 0 Å². The van der Waals surface area contributed by atoms with Gasteiger partial charge in [0.25, 0.3) is 0 Å². The van der Waals surface area contributed by atoms with Crippen LogP contribution in [0.3, 0.4) is 0 Å². The zero-order valence-corrected chi connectivity index (χ0v) is 7.38. The SMILES string of the molecule is O=C(O)CS(=O)c1ccccc1F. The average Bonchev–Trinajstić information content (AvgIpc) is 2.03. The molecule has 3 nitrogen and oxygen atoms in total. The molecule has 1 N–H and O–H groups in total. The smallest absolute Gasteiger partial charge is 0.316 e. The third kappa shape index (κ3) is 2.62. The van der Waals surface area contributed by atoms with Gasteiger partial charge in [0.05, 0.1) is 15.7 Å². The summed E-state index contributed by atoms with van der Waals surface area (Å²) in [5.74, 6) is -2.41. The van der Waals surface area contributed by atoms with Gasteiger partial charge in [-0.05, 0) is 12.1 Å². The largest absolute Gasteiger partial charge is 0.481 e. The summed E-state index contributed by atoms with van der Waals surface area (Å²) in [4.78, 5) is 10.1. The molecule has 0 bridgehead atoms. The normalized spacial score (nSPS) is 12.4. The average molecular weight is 202 g/mol. The molecule has 0 radical (unpaired) electrons. The second-order valence-corrected chi connectivity index (χ2v) is 3.73. The second kappa shape index (κ2) is 4.13. The summed E-state index contributed by atoms with van der Waals surface area (Å²) in [6.45, 7) is 0. The van der Waals surface area contributed by atoms with Crippen molar-refractivity contribution in [2.45, 2.75) is 4.90 Å². The Morgan fingerprint density at radius 2 is 2.08 bits per heavy atom. The molecule has 1 atom stereocenters. The van der Waals surface area contributed by atoms with Crippen LogP contribution in [-0.4, -0.2) is 21.0 Å². The fourth-order valence-electron chi connectivity index (χ4n) is 0.819. The molecule has 0 aliphatic rings. The van der Waals surface area contributed by atoms with E-state index in [0.717, 1.165) is 6.07 Å². The second-order valence-electron chi connectivity index (χ2n) is 2.31. The van der Waals surface area contributed by atoms with Crippen molar-refractivity contribution in [3.8, 4) is 0 Å². The molecule has 0 saturated heterocycles. The first-order valence-electron chi connectivity index (χ1n) is 3.46. The van der Waals surface area contributed by atoms with Crippen LogP contribution in [-0.2, 0) is 15.6 Å². The third-order valence-electron chi connectivity index (χ3n) is 1.34. The molecule has 0 spiro atoms. The maximum atomic E-state index is 12.9. The third-order valence-corrected chi connectivity index (χ3v) is 2.67. The summed E-state index contributed by atoms with van der Waals surface area (Å²) in [5, 5.41) is 8.32. The van der Waals surface area contributed by atoms with Gasteiger partial charge in [-0.1, -0.05) is 12.1 Å². The highest BCUT2D eigenvalue weighted by Crippen LogP contribution is 2.11. The number of halogens is 1. The van der Waals surface area contributed by atoms with E-state index < -0.39 is 28.3 Å². The number of hydrogen-bond acceptors (Lipinski definition) is 2. The monoisotopic (exact) mass is 202 g/mol. The predicted molar refractivity (Wildman–Crippen MR) is 45.3 cm³/mol. The Labute approximate surface area is 76.7 Å². The highest BCUT2D eigenvalue weighted by atomic mass is 32.2. The topological polar surface area (TPSA) is 54.4 Å². The zero-order chi connectivity index (χ0) is 9.84. The summed E-state index contributed by atoms with van der Waals surface area (Å²) < 4.78 is 24.1. The predicted octanol–water partition coefficient (Wildman–Crippen LogP) is 1.02. The summed E-state index contributed by atoms with van der Waals surface area (Å²) in [5.41, 5.74) is 0. The molecule has 1 aromatic rings. The van der Waals surface area contributed by atoms with Crippen LogP contribution in [0, 0.1) is 5.82 Å². The van der Waals surface area contributed by atoms with Crippen LogP contribution >= 0.6 is 0 Å². The lowest BCUT2D eigenvalue weighted by Crippen LogP contribution is -2.10. The molecule has 1 rings (SSSR count). The molecule has 0 saturated carbocycles. The fraction of sp³-hybridized carbons (Fsp3) is 0.125. The Morgan fingerprint density at radius 1 is 1.46 bits per heavy atom. The minimum Gasteiger partial charge on any atom is -0.481 e. The zero-order valence-electron chi connectivity index (χ0n) is 6.57. The quantitative estimate of drug-likeness (QED) is 0.796. The molecule has 13 heavy (non-hydrogen) atoms. The first kappa shape index (κ1) is 9.85. The fourth-order valence-corrected chi connectivity index (χ4v) is 1.71. The summed E-state index contributed by atoms with van der Waals surface area (Å²) in [7, 11) is -1.80. The van der Waals surface area contributed by atoms with E-state index in [-0.39, 0.29) is 4.90 Å². The molecule has 0 amide bonds. The maximum Gasteiger partial charge on any atom is 0.316 e. The Morgan fingerprint density at radius 3 is 2.62 bits per heavy atom.